The monoisotopic (exact) mass is 314 g/mol. The second kappa shape index (κ2) is 5.11. The number of rotatable bonds is 3. The molecule has 0 radical (unpaired) electrons. The standard InChI is InChI=1S/C17H18N2O2S/c18-10-13-9-17(13,12-5-8-22-11-12)16(20)19-6-7-21-15-4-2-1-3-14(15)19/h1-5,8,11,13H,6-7,9-10,18H2/t13-,17+/m0/s1. The maximum absolute atomic E-state index is 13.3. The van der Waals surface area contributed by atoms with Gasteiger partial charge in [0.05, 0.1) is 17.6 Å². The van der Waals surface area contributed by atoms with Crippen molar-refractivity contribution in [1.29, 1.82) is 0 Å². The molecule has 4 nitrogen and oxygen atoms in total. The van der Waals surface area contributed by atoms with Crippen LogP contribution in [0.15, 0.2) is 41.1 Å². The number of thiophene rings is 1. The molecule has 0 saturated heterocycles. The van der Waals surface area contributed by atoms with Gasteiger partial charge in [0, 0.05) is 0 Å². The van der Waals surface area contributed by atoms with Crippen LogP contribution >= 0.6 is 11.3 Å². The van der Waals surface area contributed by atoms with E-state index < -0.39 is 5.41 Å². The highest BCUT2D eigenvalue weighted by molar-refractivity contribution is 7.08. The lowest BCUT2D eigenvalue weighted by Gasteiger charge is -2.32. The van der Waals surface area contributed by atoms with Crippen molar-refractivity contribution < 1.29 is 9.53 Å². The molecule has 2 aliphatic rings. The third-order valence-corrected chi connectivity index (χ3v) is 5.46. The third-order valence-electron chi connectivity index (χ3n) is 4.78. The van der Waals surface area contributed by atoms with Crippen molar-refractivity contribution in [3.63, 3.8) is 0 Å². The van der Waals surface area contributed by atoms with Crippen LogP contribution in [0.3, 0.4) is 0 Å². The summed E-state index contributed by atoms with van der Waals surface area (Å²) in [5, 5.41) is 4.11. The third kappa shape index (κ3) is 1.89. The highest BCUT2D eigenvalue weighted by Crippen LogP contribution is 2.56. The zero-order chi connectivity index (χ0) is 15.2. The van der Waals surface area contributed by atoms with E-state index in [1.54, 1.807) is 11.3 Å². The first-order chi connectivity index (χ1) is 10.8. The molecule has 1 fully saturated rings. The zero-order valence-electron chi connectivity index (χ0n) is 12.2. The average Bonchev–Trinajstić information content (AvgIpc) is 3.06. The van der Waals surface area contributed by atoms with Gasteiger partial charge < -0.3 is 15.4 Å². The van der Waals surface area contributed by atoms with Crippen LogP contribution in [0.1, 0.15) is 12.0 Å². The van der Waals surface area contributed by atoms with Gasteiger partial charge in [-0.25, -0.2) is 0 Å². The topological polar surface area (TPSA) is 55.6 Å². The van der Waals surface area contributed by atoms with Crippen molar-refractivity contribution in [2.75, 3.05) is 24.6 Å². The van der Waals surface area contributed by atoms with Gasteiger partial charge in [-0.3, -0.25) is 4.79 Å². The van der Waals surface area contributed by atoms with E-state index in [0.717, 1.165) is 23.4 Å². The van der Waals surface area contributed by atoms with Crippen LogP contribution in [0.2, 0.25) is 0 Å². The van der Waals surface area contributed by atoms with Gasteiger partial charge >= 0.3 is 0 Å². The summed E-state index contributed by atoms with van der Waals surface area (Å²) in [6.07, 6.45) is 0.846. The van der Waals surface area contributed by atoms with E-state index in [-0.39, 0.29) is 11.8 Å². The van der Waals surface area contributed by atoms with Gasteiger partial charge in [0.25, 0.3) is 0 Å². The van der Waals surface area contributed by atoms with E-state index in [1.165, 1.54) is 0 Å². The summed E-state index contributed by atoms with van der Waals surface area (Å²) < 4.78 is 5.66. The van der Waals surface area contributed by atoms with Crippen LogP contribution in [0, 0.1) is 5.92 Å². The van der Waals surface area contributed by atoms with Gasteiger partial charge in [-0.2, -0.15) is 11.3 Å². The van der Waals surface area contributed by atoms with E-state index in [2.05, 4.69) is 11.4 Å². The number of hydrogen-bond acceptors (Lipinski definition) is 4. The molecule has 1 aromatic heterocycles. The van der Waals surface area contributed by atoms with E-state index in [0.29, 0.717) is 19.7 Å². The summed E-state index contributed by atoms with van der Waals surface area (Å²) in [6, 6.07) is 9.80. The molecule has 1 aliphatic carbocycles. The zero-order valence-corrected chi connectivity index (χ0v) is 13.0. The summed E-state index contributed by atoms with van der Waals surface area (Å²) in [7, 11) is 0. The molecule has 1 amide bonds. The summed E-state index contributed by atoms with van der Waals surface area (Å²) in [4.78, 5) is 15.2. The Hall–Kier alpha value is -1.85. The first-order valence-electron chi connectivity index (χ1n) is 7.54. The minimum absolute atomic E-state index is 0.164. The van der Waals surface area contributed by atoms with Crippen LogP contribution < -0.4 is 15.4 Å². The molecule has 22 heavy (non-hydrogen) atoms. The van der Waals surface area contributed by atoms with Crippen molar-refractivity contribution in [1.82, 2.24) is 0 Å². The SMILES string of the molecule is NC[C@@H]1C[C@@]1(C(=O)N1CCOc2ccccc21)c1ccsc1. The number of para-hydroxylation sites is 2. The number of ether oxygens (including phenoxy) is 1. The molecule has 2 N–H and O–H groups in total. The van der Waals surface area contributed by atoms with Crippen LogP contribution in [-0.4, -0.2) is 25.6 Å². The van der Waals surface area contributed by atoms with Gasteiger partial charge in [-0.1, -0.05) is 12.1 Å². The van der Waals surface area contributed by atoms with E-state index in [4.69, 9.17) is 10.5 Å². The molecule has 5 heteroatoms. The summed E-state index contributed by atoms with van der Waals surface area (Å²) in [5.41, 5.74) is 7.44. The fraction of sp³-hybridized carbons (Fsp3) is 0.353. The van der Waals surface area contributed by atoms with Crippen LogP contribution in [0.25, 0.3) is 0 Å². The second-order valence-corrected chi connectivity index (χ2v) is 6.67. The highest BCUT2D eigenvalue weighted by atomic mass is 32.1. The Morgan fingerprint density at radius 1 is 1.41 bits per heavy atom. The predicted octanol–water partition coefficient (Wildman–Crippen LogP) is 2.39. The van der Waals surface area contributed by atoms with Gasteiger partial charge in [0.2, 0.25) is 5.91 Å². The molecule has 0 spiro atoms. The van der Waals surface area contributed by atoms with Crippen molar-refractivity contribution in [3.05, 3.63) is 46.7 Å². The molecule has 114 valence electrons. The molecule has 2 atom stereocenters. The first kappa shape index (κ1) is 13.8. The number of benzene rings is 1. The minimum Gasteiger partial charge on any atom is -0.490 e. The lowest BCUT2D eigenvalue weighted by atomic mass is 9.93. The summed E-state index contributed by atoms with van der Waals surface area (Å²) >= 11 is 1.63. The number of nitrogens with zero attached hydrogens (tertiary/aromatic N) is 1. The Morgan fingerprint density at radius 3 is 3.00 bits per heavy atom. The maximum Gasteiger partial charge on any atom is 0.238 e. The summed E-state index contributed by atoms with van der Waals surface area (Å²) in [5.74, 6) is 1.19. The van der Waals surface area contributed by atoms with Gasteiger partial charge in [-0.15, -0.1) is 0 Å². The van der Waals surface area contributed by atoms with Crippen molar-refractivity contribution in [3.8, 4) is 5.75 Å². The van der Waals surface area contributed by atoms with E-state index in [9.17, 15) is 4.79 Å². The van der Waals surface area contributed by atoms with E-state index in [1.807, 2.05) is 34.5 Å². The lowest BCUT2D eigenvalue weighted by Crippen LogP contribution is -2.45. The Bertz CT molecular complexity index is 700. The number of hydrogen-bond donors (Lipinski definition) is 1. The Balaban J connectivity index is 1.73. The Kier molecular flexibility index (Phi) is 3.20. The average molecular weight is 314 g/mol. The number of anilines is 1. The molecule has 0 bridgehead atoms. The first-order valence-corrected chi connectivity index (χ1v) is 8.48. The number of amides is 1. The minimum atomic E-state index is -0.431. The normalized spacial score (nSPS) is 26.2. The van der Waals surface area contributed by atoms with E-state index >= 15 is 0 Å². The number of fused-ring (bicyclic) bond motifs is 1. The molecule has 1 aliphatic heterocycles. The van der Waals surface area contributed by atoms with Gasteiger partial charge in [0.15, 0.2) is 0 Å². The molecule has 1 saturated carbocycles. The van der Waals surface area contributed by atoms with Crippen molar-refractivity contribution in [2.45, 2.75) is 11.8 Å². The fourth-order valence-corrected chi connectivity index (χ4v) is 4.23. The molecular weight excluding hydrogens is 296 g/mol. The Morgan fingerprint density at radius 2 is 2.27 bits per heavy atom. The number of nitrogens with two attached hydrogens (primary N) is 1. The smallest absolute Gasteiger partial charge is 0.238 e. The van der Waals surface area contributed by atoms with Gasteiger partial charge in [-0.05, 0) is 53.4 Å². The summed E-state index contributed by atoms with van der Waals surface area (Å²) in [6.45, 7) is 1.68. The van der Waals surface area contributed by atoms with Crippen LogP contribution in [0.5, 0.6) is 5.75 Å². The molecular formula is C17H18N2O2S. The number of carbonyl (C=O) groups is 1. The molecule has 1 aromatic carbocycles. The lowest BCUT2D eigenvalue weighted by molar-refractivity contribution is -0.121. The van der Waals surface area contributed by atoms with Crippen molar-refractivity contribution >= 4 is 22.9 Å². The van der Waals surface area contributed by atoms with Crippen LogP contribution in [0.4, 0.5) is 5.69 Å². The quantitative estimate of drug-likeness (QED) is 0.946. The maximum atomic E-state index is 13.3. The van der Waals surface area contributed by atoms with Gasteiger partial charge in [0.1, 0.15) is 12.4 Å². The second-order valence-electron chi connectivity index (χ2n) is 5.89. The number of carbonyl (C=O) groups excluding carboxylic acids is 1. The van der Waals surface area contributed by atoms with Crippen molar-refractivity contribution in [2.24, 2.45) is 11.7 Å². The molecule has 4 rings (SSSR count). The molecule has 0 unspecified atom stereocenters. The Labute approximate surface area is 133 Å². The molecule has 2 aromatic rings. The van der Waals surface area contributed by atoms with Crippen LogP contribution in [-0.2, 0) is 10.2 Å². The largest absolute Gasteiger partial charge is 0.490 e. The predicted molar refractivity (Wildman–Crippen MR) is 87.4 cm³/mol. The fourth-order valence-electron chi connectivity index (χ4n) is 3.49. The highest BCUT2D eigenvalue weighted by Gasteiger charge is 2.62. The molecule has 2 heterocycles.